The number of carboxylic acids is 1. The van der Waals surface area contributed by atoms with Crippen LogP contribution in [0.1, 0.15) is 64.7 Å². The molecule has 2 amide bonds. The summed E-state index contributed by atoms with van der Waals surface area (Å²) < 4.78 is 0. The lowest BCUT2D eigenvalue weighted by atomic mass is 10.2. The van der Waals surface area contributed by atoms with Gasteiger partial charge in [0.05, 0.1) is 0 Å². The lowest BCUT2D eigenvalue weighted by Crippen LogP contribution is -2.33. The van der Waals surface area contributed by atoms with Gasteiger partial charge in [0, 0.05) is 19.4 Å². The molecular weight excluding hydrogens is 392 g/mol. The maximum absolute atomic E-state index is 11.7. The van der Waals surface area contributed by atoms with E-state index in [0.29, 0.717) is 6.42 Å². The molecule has 0 fully saturated rings. The van der Waals surface area contributed by atoms with Crippen molar-refractivity contribution in [1.82, 2.24) is 10.6 Å². The second-order valence-electron chi connectivity index (χ2n) is 6.87. The fourth-order valence-corrected chi connectivity index (χ4v) is 2.42. The third-order valence-electron chi connectivity index (χ3n) is 4.04. The van der Waals surface area contributed by atoms with Crippen LogP contribution >= 0.6 is 0 Å². The van der Waals surface area contributed by atoms with Gasteiger partial charge >= 0.3 is 5.97 Å². The predicted molar refractivity (Wildman–Crippen MR) is 127 cm³/mol. The molecule has 0 saturated heterocycles. The van der Waals surface area contributed by atoms with Crippen molar-refractivity contribution < 1.29 is 19.5 Å². The van der Waals surface area contributed by atoms with E-state index in [-0.39, 0.29) is 24.8 Å². The van der Waals surface area contributed by atoms with Gasteiger partial charge in [-0.3, -0.25) is 14.4 Å². The van der Waals surface area contributed by atoms with Gasteiger partial charge in [-0.1, -0.05) is 67.7 Å². The highest BCUT2D eigenvalue weighted by Gasteiger charge is 2.05. The third kappa shape index (κ3) is 23.3. The molecule has 172 valence electrons. The summed E-state index contributed by atoms with van der Waals surface area (Å²) >= 11 is 0. The van der Waals surface area contributed by atoms with Gasteiger partial charge in [0.15, 0.2) is 0 Å². The third-order valence-corrected chi connectivity index (χ3v) is 4.04. The smallest absolute Gasteiger partial charge is 0.322 e. The number of carboxylic acid groups (broad SMARTS) is 1. The Balaban J connectivity index is 3.58. The van der Waals surface area contributed by atoms with Crippen molar-refractivity contribution in [2.75, 3.05) is 13.1 Å². The highest BCUT2D eigenvalue weighted by Crippen LogP contribution is 1.99. The van der Waals surface area contributed by atoms with E-state index in [4.69, 9.17) is 5.11 Å². The molecule has 0 aromatic rings. The summed E-state index contributed by atoms with van der Waals surface area (Å²) in [6.45, 7) is 1.95. The van der Waals surface area contributed by atoms with Crippen LogP contribution in [0.5, 0.6) is 0 Å². The van der Waals surface area contributed by atoms with Crippen LogP contribution in [-0.2, 0) is 14.4 Å². The first-order valence-electron chi connectivity index (χ1n) is 11.1. The van der Waals surface area contributed by atoms with Gasteiger partial charge in [0.25, 0.3) is 0 Å². The molecule has 3 N–H and O–H groups in total. The average molecular weight is 431 g/mol. The minimum absolute atomic E-state index is 0.0772. The molecule has 0 aliphatic rings. The van der Waals surface area contributed by atoms with Gasteiger partial charge in [-0.05, 0) is 44.9 Å². The van der Waals surface area contributed by atoms with E-state index in [1.807, 2.05) is 0 Å². The summed E-state index contributed by atoms with van der Waals surface area (Å²) in [6, 6.07) is 0. The van der Waals surface area contributed by atoms with Crippen molar-refractivity contribution in [3.63, 3.8) is 0 Å². The second kappa shape index (κ2) is 21.8. The van der Waals surface area contributed by atoms with E-state index in [0.717, 1.165) is 44.9 Å². The normalized spacial score (nSPS) is 12.0. The van der Waals surface area contributed by atoms with E-state index >= 15 is 0 Å². The van der Waals surface area contributed by atoms with Crippen LogP contribution in [-0.4, -0.2) is 36.0 Å². The highest BCUT2D eigenvalue weighted by atomic mass is 16.4. The zero-order valence-corrected chi connectivity index (χ0v) is 18.7. The monoisotopic (exact) mass is 430 g/mol. The summed E-state index contributed by atoms with van der Waals surface area (Å²) in [6.07, 6.45) is 28.5. The molecule has 31 heavy (non-hydrogen) atoms. The van der Waals surface area contributed by atoms with Gasteiger partial charge < -0.3 is 15.7 Å². The highest BCUT2D eigenvalue weighted by molar-refractivity contribution is 5.82. The summed E-state index contributed by atoms with van der Waals surface area (Å²) in [4.78, 5) is 33.3. The number of unbranched alkanes of at least 4 members (excludes halogenated alkanes) is 1. The topological polar surface area (TPSA) is 95.5 Å². The fraction of sp³-hybridized carbons (Fsp3) is 0.480. The molecule has 0 spiro atoms. The van der Waals surface area contributed by atoms with Crippen LogP contribution in [0.4, 0.5) is 0 Å². The molecule has 0 heterocycles. The average Bonchev–Trinajstić information content (AvgIpc) is 2.74. The maximum atomic E-state index is 11.7. The zero-order chi connectivity index (χ0) is 23.0. The first kappa shape index (κ1) is 28.1. The van der Waals surface area contributed by atoms with Gasteiger partial charge in [-0.2, -0.15) is 0 Å². The van der Waals surface area contributed by atoms with E-state index in [9.17, 15) is 14.4 Å². The van der Waals surface area contributed by atoms with Crippen LogP contribution in [0.3, 0.4) is 0 Å². The Morgan fingerprint density at radius 3 is 1.68 bits per heavy atom. The summed E-state index contributed by atoms with van der Waals surface area (Å²) in [5.74, 6) is -1.58. The van der Waals surface area contributed by atoms with Crippen molar-refractivity contribution in [3.05, 3.63) is 60.8 Å². The minimum atomic E-state index is -1.09. The number of amides is 2. The summed E-state index contributed by atoms with van der Waals surface area (Å²) in [5, 5.41) is 13.4. The largest absolute Gasteiger partial charge is 0.480 e. The quantitative estimate of drug-likeness (QED) is 0.218. The maximum Gasteiger partial charge on any atom is 0.322 e. The molecule has 0 atom stereocenters. The van der Waals surface area contributed by atoms with Crippen LogP contribution < -0.4 is 10.6 Å². The fourth-order valence-electron chi connectivity index (χ4n) is 2.42. The zero-order valence-electron chi connectivity index (χ0n) is 18.7. The van der Waals surface area contributed by atoms with Crippen LogP contribution in [0.25, 0.3) is 0 Å². The van der Waals surface area contributed by atoms with E-state index in [1.165, 1.54) is 0 Å². The first-order chi connectivity index (χ1) is 15.1. The molecule has 0 aromatic carbocycles. The van der Waals surface area contributed by atoms with Gasteiger partial charge in [0.1, 0.15) is 6.54 Å². The number of aliphatic carboxylic acids is 1. The van der Waals surface area contributed by atoms with Crippen molar-refractivity contribution in [2.45, 2.75) is 64.7 Å². The Morgan fingerprint density at radius 2 is 1.16 bits per heavy atom. The molecule has 0 aliphatic heterocycles. The summed E-state index contributed by atoms with van der Waals surface area (Å²) in [5.41, 5.74) is 0. The lowest BCUT2D eigenvalue weighted by Gasteiger charge is -2.04. The van der Waals surface area contributed by atoms with Gasteiger partial charge in [0.2, 0.25) is 11.8 Å². The number of carbonyl (C=O) groups is 3. The molecule has 0 bridgehead atoms. The first-order valence-corrected chi connectivity index (χ1v) is 11.1. The van der Waals surface area contributed by atoms with Gasteiger partial charge in [-0.15, -0.1) is 0 Å². The van der Waals surface area contributed by atoms with Crippen LogP contribution in [0.15, 0.2) is 60.8 Å². The molecular formula is C25H38N2O4. The molecule has 6 heteroatoms. The van der Waals surface area contributed by atoms with E-state index in [2.05, 4.69) is 78.3 Å². The molecule has 0 aliphatic carbocycles. The Kier molecular flexibility index (Phi) is 19.8. The van der Waals surface area contributed by atoms with Gasteiger partial charge in [-0.25, -0.2) is 0 Å². The van der Waals surface area contributed by atoms with E-state index in [1.54, 1.807) is 0 Å². The number of hydrogen-bond donors (Lipinski definition) is 3. The van der Waals surface area contributed by atoms with Crippen molar-refractivity contribution in [3.8, 4) is 0 Å². The van der Waals surface area contributed by atoms with Crippen molar-refractivity contribution >= 4 is 17.8 Å². The second-order valence-corrected chi connectivity index (χ2v) is 6.87. The summed E-state index contributed by atoms with van der Waals surface area (Å²) in [7, 11) is 0. The van der Waals surface area contributed by atoms with Crippen molar-refractivity contribution in [1.29, 1.82) is 0 Å². The number of nitrogens with one attached hydrogen (secondary N) is 2. The standard InChI is InChI=1S/C25H38N2O4/c1-2-3-4-5-6-7-8-9-10-11-12-13-14-15-16-17-18-19-23(28)26-21-20-24(29)27-22-25(30)31/h3-4,6-7,9-10,12-13,15-16H,2,5,8,11,14,17-22H2,1H3,(H,26,28)(H,27,29)(H,30,31)/b4-3-,7-6-,10-9-,13-12-,16-15-. The molecule has 6 nitrogen and oxygen atoms in total. The van der Waals surface area contributed by atoms with Crippen LogP contribution in [0.2, 0.25) is 0 Å². The lowest BCUT2D eigenvalue weighted by molar-refractivity contribution is -0.138. The van der Waals surface area contributed by atoms with Crippen molar-refractivity contribution in [2.24, 2.45) is 0 Å². The Hall–Kier alpha value is -2.89. The number of rotatable bonds is 18. The molecule has 0 rings (SSSR count). The number of hydrogen-bond acceptors (Lipinski definition) is 3. The molecule has 0 saturated carbocycles. The Bertz CT molecular complexity index is 646. The SMILES string of the molecule is CC/C=C\C/C=C\C/C=C\C/C=C\C/C=C\CCCC(=O)NCCC(=O)NCC(=O)O. The predicted octanol–water partition coefficient (Wildman–Crippen LogP) is 4.62. The van der Waals surface area contributed by atoms with E-state index < -0.39 is 12.5 Å². The Labute approximate surface area is 186 Å². The number of allylic oxidation sites excluding steroid dienone is 10. The number of carbonyl (C=O) groups excluding carboxylic acids is 2. The molecule has 0 unspecified atom stereocenters. The van der Waals surface area contributed by atoms with Crippen LogP contribution in [0, 0.1) is 0 Å². The molecule has 0 aromatic heterocycles. The Morgan fingerprint density at radius 1 is 0.677 bits per heavy atom. The minimum Gasteiger partial charge on any atom is -0.480 e. The molecule has 0 radical (unpaired) electrons.